The first-order chi connectivity index (χ1) is 16.6. The molecule has 2 heterocycles. The summed E-state index contributed by atoms with van der Waals surface area (Å²) in [5, 5.41) is 16.6. The lowest BCUT2D eigenvalue weighted by molar-refractivity contribution is 0.0913. The van der Waals surface area contributed by atoms with Crippen LogP contribution >= 0.6 is 11.8 Å². The van der Waals surface area contributed by atoms with E-state index in [0.717, 1.165) is 21.5 Å². The molecule has 0 bridgehead atoms. The van der Waals surface area contributed by atoms with Gasteiger partial charge in [0.15, 0.2) is 10.9 Å². The number of imidazole rings is 1. The first kappa shape index (κ1) is 21.9. The van der Waals surface area contributed by atoms with Gasteiger partial charge in [-0.1, -0.05) is 72.4 Å². The molecule has 7 heteroatoms. The van der Waals surface area contributed by atoms with E-state index in [9.17, 15) is 9.90 Å². The lowest BCUT2D eigenvalue weighted by atomic mass is 9.92. The third-order valence-corrected chi connectivity index (χ3v) is 6.73. The van der Waals surface area contributed by atoms with E-state index < -0.39 is 6.04 Å². The number of carbonyl (C=O) groups excluding carboxylic acids is 1. The largest absolute Gasteiger partial charge is 0.508 e. The van der Waals surface area contributed by atoms with Crippen LogP contribution in [0.15, 0.2) is 101 Å². The topological polar surface area (TPSA) is 80.3 Å². The molecule has 5 rings (SSSR count). The highest BCUT2D eigenvalue weighted by molar-refractivity contribution is 7.98. The van der Waals surface area contributed by atoms with E-state index in [0.29, 0.717) is 17.1 Å². The summed E-state index contributed by atoms with van der Waals surface area (Å²) in [5.41, 5.74) is 1.51. The summed E-state index contributed by atoms with van der Waals surface area (Å²) in [7, 11) is 1.93. The lowest BCUT2D eigenvalue weighted by Gasteiger charge is -2.22. The molecule has 1 unspecified atom stereocenters. The van der Waals surface area contributed by atoms with E-state index in [4.69, 9.17) is 4.42 Å². The van der Waals surface area contributed by atoms with Crippen LogP contribution in [0.5, 0.6) is 5.75 Å². The number of aromatic nitrogens is 2. The SMILES string of the molecule is Cn1ccnc1SCc1ccc(C(=O)NC(c2ccccc2)c2c(O)ccc3ccccc23)o1. The fourth-order valence-corrected chi connectivity index (χ4v) is 4.79. The molecule has 0 fully saturated rings. The molecule has 3 aromatic carbocycles. The molecule has 0 spiro atoms. The molecule has 1 amide bonds. The Morgan fingerprint density at radius 3 is 2.65 bits per heavy atom. The third kappa shape index (κ3) is 4.43. The summed E-state index contributed by atoms with van der Waals surface area (Å²) >= 11 is 1.54. The minimum atomic E-state index is -0.560. The molecule has 0 aliphatic rings. The molecule has 0 aliphatic carbocycles. The Morgan fingerprint density at radius 2 is 1.85 bits per heavy atom. The van der Waals surface area contributed by atoms with Crippen LogP contribution in [0.3, 0.4) is 0 Å². The van der Waals surface area contributed by atoms with E-state index in [-0.39, 0.29) is 17.4 Å². The number of benzene rings is 3. The van der Waals surface area contributed by atoms with Crippen LogP contribution < -0.4 is 5.32 Å². The molecule has 0 saturated carbocycles. The number of thioether (sulfide) groups is 1. The molecule has 6 nitrogen and oxygen atoms in total. The zero-order valence-electron chi connectivity index (χ0n) is 18.5. The van der Waals surface area contributed by atoms with Gasteiger partial charge < -0.3 is 19.4 Å². The monoisotopic (exact) mass is 469 g/mol. The lowest BCUT2D eigenvalue weighted by Crippen LogP contribution is -2.29. The molecule has 2 N–H and O–H groups in total. The summed E-state index contributed by atoms with van der Waals surface area (Å²) in [6.45, 7) is 0. The van der Waals surface area contributed by atoms with Gasteiger partial charge >= 0.3 is 0 Å². The van der Waals surface area contributed by atoms with Crippen LogP contribution in [0.2, 0.25) is 0 Å². The van der Waals surface area contributed by atoms with E-state index in [1.807, 2.05) is 78.5 Å². The number of aryl methyl sites for hydroxylation is 1. The number of nitrogens with zero attached hydrogens (tertiary/aromatic N) is 2. The van der Waals surface area contributed by atoms with Crippen LogP contribution in [-0.4, -0.2) is 20.6 Å². The Morgan fingerprint density at radius 1 is 1.06 bits per heavy atom. The second-order valence-electron chi connectivity index (χ2n) is 7.91. The number of fused-ring (bicyclic) bond motifs is 1. The molecule has 2 aromatic heterocycles. The first-order valence-electron chi connectivity index (χ1n) is 10.9. The van der Waals surface area contributed by atoms with Crippen molar-refractivity contribution in [2.45, 2.75) is 17.0 Å². The minimum Gasteiger partial charge on any atom is -0.508 e. The van der Waals surface area contributed by atoms with Gasteiger partial charge in [-0.25, -0.2) is 4.98 Å². The zero-order valence-corrected chi connectivity index (χ0v) is 19.3. The van der Waals surface area contributed by atoms with E-state index >= 15 is 0 Å². The quantitative estimate of drug-likeness (QED) is 0.300. The Hall–Kier alpha value is -3.97. The van der Waals surface area contributed by atoms with E-state index in [1.165, 1.54) is 11.8 Å². The molecular weight excluding hydrogens is 446 g/mol. The first-order valence-corrected chi connectivity index (χ1v) is 11.8. The molecule has 0 aliphatic heterocycles. The third-order valence-electron chi connectivity index (χ3n) is 5.65. The van der Waals surface area contributed by atoms with Crippen molar-refractivity contribution in [1.82, 2.24) is 14.9 Å². The summed E-state index contributed by atoms with van der Waals surface area (Å²) < 4.78 is 7.77. The highest BCUT2D eigenvalue weighted by atomic mass is 32.2. The van der Waals surface area contributed by atoms with Gasteiger partial charge in [0.25, 0.3) is 5.91 Å². The van der Waals surface area contributed by atoms with Gasteiger partial charge in [-0.15, -0.1) is 0 Å². The van der Waals surface area contributed by atoms with Gasteiger partial charge in [0.1, 0.15) is 11.5 Å². The van der Waals surface area contributed by atoms with Crippen molar-refractivity contribution < 1.29 is 14.3 Å². The number of aromatic hydroxyl groups is 1. The number of phenols is 1. The normalized spacial score (nSPS) is 12.0. The van der Waals surface area contributed by atoms with Gasteiger partial charge in [0, 0.05) is 25.0 Å². The molecule has 34 heavy (non-hydrogen) atoms. The number of amides is 1. The molecular formula is C27H23N3O3S. The summed E-state index contributed by atoms with van der Waals surface area (Å²) in [6.07, 6.45) is 3.63. The Labute approximate surface area is 201 Å². The highest BCUT2D eigenvalue weighted by Gasteiger charge is 2.24. The molecule has 0 saturated heterocycles. The maximum absolute atomic E-state index is 13.2. The number of carbonyl (C=O) groups is 1. The highest BCUT2D eigenvalue weighted by Crippen LogP contribution is 2.36. The summed E-state index contributed by atoms with van der Waals surface area (Å²) in [6, 6.07) is 23.9. The van der Waals surface area contributed by atoms with Crippen LogP contribution in [0, 0.1) is 0 Å². The standard InChI is InChI=1S/C27H23N3O3S/c1-30-16-15-28-27(30)34-17-20-12-14-23(33-20)26(32)29-25(19-8-3-2-4-9-19)24-21-10-6-5-7-18(21)11-13-22(24)31/h2-16,25,31H,17H2,1H3,(H,29,32). The number of hydrogen-bond acceptors (Lipinski definition) is 5. The van der Waals surface area contributed by atoms with Crippen molar-refractivity contribution in [1.29, 1.82) is 0 Å². The maximum Gasteiger partial charge on any atom is 0.287 e. The van der Waals surface area contributed by atoms with E-state index in [1.54, 1.807) is 24.4 Å². The van der Waals surface area contributed by atoms with Crippen LogP contribution in [0.25, 0.3) is 10.8 Å². The molecule has 1 atom stereocenters. The van der Waals surface area contributed by atoms with Crippen molar-refractivity contribution >= 4 is 28.4 Å². The minimum absolute atomic E-state index is 0.124. The smallest absolute Gasteiger partial charge is 0.287 e. The summed E-state index contributed by atoms with van der Waals surface area (Å²) in [5.74, 6) is 1.23. The fraction of sp³-hybridized carbons (Fsp3) is 0.111. The second kappa shape index (κ2) is 9.49. The molecule has 0 radical (unpaired) electrons. The predicted molar refractivity (Wildman–Crippen MR) is 133 cm³/mol. The van der Waals surface area contributed by atoms with Crippen molar-refractivity contribution in [3.8, 4) is 5.75 Å². The van der Waals surface area contributed by atoms with Gasteiger partial charge in [0.2, 0.25) is 0 Å². The van der Waals surface area contributed by atoms with Crippen molar-refractivity contribution in [2.75, 3.05) is 0 Å². The number of furan rings is 1. The number of nitrogens with one attached hydrogen (secondary N) is 1. The van der Waals surface area contributed by atoms with Gasteiger partial charge in [0.05, 0.1) is 11.8 Å². The van der Waals surface area contributed by atoms with Gasteiger partial charge in [-0.2, -0.15) is 0 Å². The summed E-state index contributed by atoms with van der Waals surface area (Å²) in [4.78, 5) is 17.5. The van der Waals surface area contributed by atoms with Gasteiger partial charge in [-0.05, 0) is 34.5 Å². The maximum atomic E-state index is 13.2. The molecule has 170 valence electrons. The van der Waals surface area contributed by atoms with Crippen molar-refractivity contribution in [3.05, 3.63) is 114 Å². The number of phenolic OH excluding ortho intramolecular Hbond substituents is 1. The zero-order chi connectivity index (χ0) is 23.5. The van der Waals surface area contributed by atoms with Crippen LogP contribution in [-0.2, 0) is 12.8 Å². The number of hydrogen-bond donors (Lipinski definition) is 2. The Bertz CT molecular complexity index is 1440. The van der Waals surface area contributed by atoms with Crippen LogP contribution in [0.1, 0.15) is 33.5 Å². The van der Waals surface area contributed by atoms with E-state index in [2.05, 4.69) is 10.3 Å². The van der Waals surface area contributed by atoms with Crippen molar-refractivity contribution in [2.24, 2.45) is 7.05 Å². The predicted octanol–water partition coefficient (Wildman–Crippen LogP) is 5.68. The van der Waals surface area contributed by atoms with Crippen LogP contribution in [0.4, 0.5) is 0 Å². The number of rotatable bonds is 7. The Balaban J connectivity index is 1.43. The second-order valence-corrected chi connectivity index (χ2v) is 8.85. The average Bonchev–Trinajstić information content (AvgIpc) is 3.51. The van der Waals surface area contributed by atoms with Crippen molar-refractivity contribution in [3.63, 3.8) is 0 Å². The molecule has 5 aromatic rings. The average molecular weight is 470 g/mol. The van der Waals surface area contributed by atoms with Gasteiger partial charge in [-0.3, -0.25) is 4.79 Å². The fourth-order valence-electron chi connectivity index (χ4n) is 3.96. The Kier molecular flexibility index (Phi) is 6.10.